The number of esters is 1. The van der Waals surface area contributed by atoms with Crippen LogP contribution in [-0.4, -0.2) is 54.0 Å². The van der Waals surface area contributed by atoms with Crippen LogP contribution < -0.4 is 0 Å². The lowest BCUT2D eigenvalue weighted by Gasteiger charge is -2.46. The number of nitrogens with zero attached hydrogens (tertiary/aromatic N) is 2. The van der Waals surface area contributed by atoms with Crippen molar-refractivity contribution in [1.29, 1.82) is 0 Å². The lowest BCUT2D eigenvalue weighted by atomic mass is 9.76. The van der Waals surface area contributed by atoms with Crippen LogP contribution in [0.4, 0.5) is 8.78 Å². The summed E-state index contributed by atoms with van der Waals surface area (Å²) in [5, 5.41) is 0. The lowest BCUT2D eigenvalue weighted by molar-refractivity contribution is -0.150. The van der Waals surface area contributed by atoms with E-state index in [4.69, 9.17) is 4.74 Å². The Morgan fingerprint density at radius 3 is 2.54 bits per heavy atom. The van der Waals surface area contributed by atoms with Crippen LogP contribution in [0.25, 0.3) is 0 Å². The number of benzene rings is 1. The number of methoxy groups -OCH3 is 1. The van der Waals surface area contributed by atoms with E-state index in [1.54, 1.807) is 6.07 Å². The molecular weight excluding hydrogens is 342 g/mol. The van der Waals surface area contributed by atoms with Crippen LogP contribution in [0, 0.1) is 17.6 Å². The lowest BCUT2D eigenvalue weighted by Crippen LogP contribution is -2.57. The van der Waals surface area contributed by atoms with Gasteiger partial charge in [-0.05, 0) is 37.5 Å². The van der Waals surface area contributed by atoms with Crippen molar-refractivity contribution in [2.75, 3.05) is 26.7 Å². The summed E-state index contributed by atoms with van der Waals surface area (Å²) in [7, 11) is 1.35. The van der Waals surface area contributed by atoms with Crippen LogP contribution in [0.15, 0.2) is 18.2 Å². The Hall–Kier alpha value is -2.02. The van der Waals surface area contributed by atoms with Crippen molar-refractivity contribution in [2.24, 2.45) is 5.92 Å². The summed E-state index contributed by atoms with van der Waals surface area (Å²) < 4.78 is 31.4. The maximum Gasteiger partial charge on any atom is 0.311 e. The minimum absolute atomic E-state index is 0.00282. The van der Waals surface area contributed by atoms with Gasteiger partial charge < -0.3 is 9.64 Å². The van der Waals surface area contributed by atoms with Gasteiger partial charge in [-0.3, -0.25) is 14.5 Å². The van der Waals surface area contributed by atoms with E-state index in [2.05, 4.69) is 4.90 Å². The first kappa shape index (κ1) is 18.8. The maximum atomic E-state index is 13.4. The second-order valence-electron chi connectivity index (χ2n) is 7.05. The minimum Gasteiger partial charge on any atom is -0.469 e. The van der Waals surface area contributed by atoms with Crippen LogP contribution in [-0.2, 0) is 20.9 Å². The summed E-state index contributed by atoms with van der Waals surface area (Å²) >= 11 is 0. The third-order valence-electron chi connectivity index (χ3n) is 5.78. The van der Waals surface area contributed by atoms with Crippen LogP contribution >= 0.6 is 0 Å². The smallest absolute Gasteiger partial charge is 0.311 e. The molecule has 2 saturated heterocycles. The van der Waals surface area contributed by atoms with Gasteiger partial charge in [0.1, 0.15) is 0 Å². The zero-order valence-electron chi connectivity index (χ0n) is 15.1. The molecule has 2 fully saturated rings. The predicted octanol–water partition coefficient (Wildman–Crippen LogP) is 2.34. The molecule has 1 atom stereocenters. The van der Waals surface area contributed by atoms with Crippen molar-refractivity contribution in [1.82, 2.24) is 9.80 Å². The number of rotatable bonds is 4. The average Bonchev–Trinajstić information content (AvgIpc) is 2.91. The van der Waals surface area contributed by atoms with E-state index >= 15 is 0 Å². The third kappa shape index (κ3) is 3.20. The van der Waals surface area contributed by atoms with E-state index in [0.29, 0.717) is 44.6 Å². The quantitative estimate of drug-likeness (QED) is 0.768. The van der Waals surface area contributed by atoms with Crippen molar-refractivity contribution in [3.05, 3.63) is 35.4 Å². The van der Waals surface area contributed by atoms with Gasteiger partial charge in [-0.25, -0.2) is 8.78 Å². The molecule has 3 rings (SSSR count). The van der Waals surface area contributed by atoms with Gasteiger partial charge in [0.2, 0.25) is 5.91 Å². The molecule has 7 heteroatoms. The van der Waals surface area contributed by atoms with Gasteiger partial charge >= 0.3 is 5.97 Å². The van der Waals surface area contributed by atoms with E-state index in [-0.39, 0.29) is 18.3 Å². The van der Waals surface area contributed by atoms with E-state index in [0.717, 1.165) is 6.07 Å². The highest BCUT2D eigenvalue weighted by molar-refractivity contribution is 5.89. The third-order valence-corrected chi connectivity index (χ3v) is 5.78. The van der Waals surface area contributed by atoms with Crippen molar-refractivity contribution in [3.8, 4) is 0 Å². The topological polar surface area (TPSA) is 49.9 Å². The van der Waals surface area contributed by atoms with Gasteiger partial charge in [0.25, 0.3) is 0 Å². The second-order valence-corrected chi connectivity index (χ2v) is 7.05. The van der Waals surface area contributed by atoms with Crippen LogP contribution in [0.3, 0.4) is 0 Å². The number of ether oxygens (including phenoxy) is 1. The molecule has 1 spiro atoms. The molecule has 5 nitrogen and oxygen atoms in total. The molecule has 2 heterocycles. The molecule has 1 aromatic carbocycles. The Balaban J connectivity index is 1.73. The number of amides is 1. The molecule has 2 aliphatic rings. The molecule has 2 aliphatic heterocycles. The van der Waals surface area contributed by atoms with Gasteiger partial charge in [-0.15, -0.1) is 0 Å². The summed E-state index contributed by atoms with van der Waals surface area (Å²) in [6.07, 6.45) is 1.52. The maximum absolute atomic E-state index is 13.4. The van der Waals surface area contributed by atoms with Crippen molar-refractivity contribution < 1.29 is 23.1 Å². The summed E-state index contributed by atoms with van der Waals surface area (Å²) in [6, 6.07) is 3.93. The Morgan fingerprint density at radius 1 is 1.27 bits per heavy atom. The van der Waals surface area contributed by atoms with Gasteiger partial charge in [0, 0.05) is 32.6 Å². The first-order valence-corrected chi connectivity index (χ1v) is 8.96. The van der Waals surface area contributed by atoms with Crippen molar-refractivity contribution in [2.45, 2.75) is 38.3 Å². The van der Waals surface area contributed by atoms with Crippen molar-refractivity contribution in [3.63, 3.8) is 0 Å². The van der Waals surface area contributed by atoms with Crippen molar-refractivity contribution >= 4 is 11.9 Å². The molecule has 0 aromatic heterocycles. The first-order valence-electron chi connectivity index (χ1n) is 8.96. The van der Waals surface area contributed by atoms with Gasteiger partial charge in [0.05, 0.1) is 18.6 Å². The number of piperidine rings is 1. The van der Waals surface area contributed by atoms with Gasteiger partial charge in [-0.2, -0.15) is 0 Å². The Bertz CT molecular complexity index is 700. The molecule has 1 aromatic rings. The minimum atomic E-state index is -0.852. The molecular formula is C19H24F2N2O3. The zero-order valence-corrected chi connectivity index (χ0v) is 15.1. The van der Waals surface area contributed by atoms with E-state index < -0.39 is 23.1 Å². The standard InChI is InChI=1S/C19H24F2N2O3/c1-3-23-17(24)11-14(18(25)26-2)19(23)6-8-22(9-7-19)12-13-4-5-15(20)16(21)10-13/h4-5,10,14H,3,6-9,11-12H2,1-2H3. The number of halogens is 2. The molecule has 142 valence electrons. The van der Waals surface area contributed by atoms with Crippen LogP contribution in [0.5, 0.6) is 0 Å². The van der Waals surface area contributed by atoms with E-state index in [1.807, 2.05) is 11.8 Å². The highest BCUT2D eigenvalue weighted by Crippen LogP contribution is 2.44. The summed E-state index contributed by atoms with van der Waals surface area (Å²) in [4.78, 5) is 28.6. The molecule has 0 radical (unpaired) electrons. The van der Waals surface area contributed by atoms with Crippen LogP contribution in [0.1, 0.15) is 31.7 Å². The molecule has 0 saturated carbocycles. The van der Waals surface area contributed by atoms with Gasteiger partial charge in [0.15, 0.2) is 11.6 Å². The second kappa shape index (κ2) is 7.31. The summed E-state index contributed by atoms with van der Waals surface area (Å²) in [5.41, 5.74) is 0.211. The monoisotopic (exact) mass is 366 g/mol. The SMILES string of the molecule is CCN1C(=O)CC(C(=O)OC)C12CCN(Cc1ccc(F)c(F)c1)CC2. The molecule has 1 unspecified atom stereocenters. The predicted molar refractivity (Wildman–Crippen MR) is 91.1 cm³/mol. The molecule has 1 amide bonds. The first-order chi connectivity index (χ1) is 12.4. The van der Waals surface area contributed by atoms with E-state index in [9.17, 15) is 18.4 Å². The summed E-state index contributed by atoms with van der Waals surface area (Å²) in [6.45, 7) is 4.35. The Labute approximate surface area is 151 Å². The van der Waals surface area contributed by atoms with E-state index in [1.165, 1.54) is 13.2 Å². The number of carbonyl (C=O) groups excluding carboxylic acids is 2. The Kier molecular flexibility index (Phi) is 5.27. The normalized spacial score (nSPS) is 22.8. The highest BCUT2D eigenvalue weighted by atomic mass is 19.2. The van der Waals surface area contributed by atoms with Crippen LogP contribution in [0.2, 0.25) is 0 Å². The number of hydrogen-bond acceptors (Lipinski definition) is 4. The highest BCUT2D eigenvalue weighted by Gasteiger charge is 2.56. The number of hydrogen-bond donors (Lipinski definition) is 0. The Morgan fingerprint density at radius 2 is 1.96 bits per heavy atom. The fraction of sp³-hybridized carbons (Fsp3) is 0.579. The number of carbonyl (C=O) groups is 2. The fourth-order valence-electron chi connectivity index (χ4n) is 4.46. The summed E-state index contributed by atoms with van der Waals surface area (Å²) in [5.74, 6) is -2.47. The zero-order chi connectivity index (χ0) is 18.9. The largest absolute Gasteiger partial charge is 0.469 e. The molecule has 0 aliphatic carbocycles. The van der Waals surface area contributed by atoms with Gasteiger partial charge in [-0.1, -0.05) is 6.07 Å². The molecule has 0 N–H and O–H groups in total. The molecule has 26 heavy (non-hydrogen) atoms. The molecule has 0 bridgehead atoms. The number of likely N-dealkylation sites (tertiary alicyclic amines) is 2. The fourth-order valence-corrected chi connectivity index (χ4v) is 4.46. The average molecular weight is 366 g/mol.